The summed E-state index contributed by atoms with van der Waals surface area (Å²) in [5, 5.41) is 4.65. The molecule has 3 aromatic heterocycles. The molecule has 8 nitrogen and oxygen atoms in total. The van der Waals surface area contributed by atoms with Crippen LogP contribution in [0.2, 0.25) is 0 Å². The van der Waals surface area contributed by atoms with Gasteiger partial charge in [0.25, 0.3) is 0 Å². The van der Waals surface area contributed by atoms with Crippen molar-refractivity contribution < 1.29 is 13.9 Å². The topological polar surface area (TPSA) is 77.7 Å². The molecule has 150 valence electrons. The smallest absolute Gasteiger partial charge is 0.230 e. The second kappa shape index (κ2) is 8.47. The van der Waals surface area contributed by atoms with Crippen molar-refractivity contribution in [3.63, 3.8) is 0 Å². The highest BCUT2D eigenvalue weighted by Gasteiger charge is 2.21. The predicted molar refractivity (Wildman–Crippen MR) is 105 cm³/mol. The molecule has 0 N–H and O–H groups in total. The SMILES string of the molecule is COCCN(CCF)c1nc(C)nc2c(-c3ccc(OC)nc3C)c(C)nn12. The average Bonchev–Trinajstić information content (AvgIpc) is 3.00. The number of hydrogen-bond donors (Lipinski definition) is 0. The van der Waals surface area contributed by atoms with Gasteiger partial charge in [-0.2, -0.15) is 14.6 Å². The van der Waals surface area contributed by atoms with Gasteiger partial charge in [-0.1, -0.05) is 0 Å². The maximum atomic E-state index is 13.2. The third-order valence-electron chi connectivity index (χ3n) is 4.50. The fourth-order valence-corrected chi connectivity index (χ4v) is 3.18. The lowest BCUT2D eigenvalue weighted by atomic mass is 10.1. The van der Waals surface area contributed by atoms with Gasteiger partial charge in [-0.3, -0.25) is 0 Å². The Labute approximate surface area is 163 Å². The summed E-state index contributed by atoms with van der Waals surface area (Å²) in [7, 11) is 3.20. The third kappa shape index (κ3) is 3.75. The van der Waals surface area contributed by atoms with E-state index < -0.39 is 6.67 Å². The summed E-state index contributed by atoms with van der Waals surface area (Å²) in [4.78, 5) is 15.4. The number of fused-ring (bicyclic) bond motifs is 1. The molecular weight excluding hydrogens is 363 g/mol. The highest BCUT2D eigenvalue weighted by Crippen LogP contribution is 2.31. The molecule has 0 atom stereocenters. The minimum absolute atomic E-state index is 0.201. The van der Waals surface area contributed by atoms with E-state index in [9.17, 15) is 4.39 Å². The van der Waals surface area contributed by atoms with Crippen molar-refractivity contribution in [3.05, 3.63) is 29.3 Å². The molecule has 28 heavy (non-hydrogen) atoms. The standard InChI is InChI=1S/C19H25FN6O2/c1-12-15(6-7-16(21-12)28-5)17-13(2)24-26-18(17)22-14(3)23-19(26)25(9-8-20)10-11-27-4/h6-7H,8-11H2,1-5H3. The monoisotopic (exact) mass is 388 g/mol. The molecule has 9 heteroatoms. The van der Waals surface area contributed by atoms with Crippen molar-refractivity contribution in [2.24, 2.45) is 0 Å². The first-order valence-corrected chi connectivity index (χ1v) is 9.06. The lowest BCUT2D eigenvalue weighted by molar-refractivity contribution is 0.204. The normalized spacial score (nSPS) is 11.2. The number of hydrogen-bond acceptors (Lipinski definition) is 7. The number of aryl methyl sites for hydroxylation is 3. The molecule has 0 spiro atoms. The second-order valence-corrected chi connectivity index (χ2v) is 6.42. The van der Waals surface area contributed by atoms with Crippen molar-refractivity contribution in [2.45, 2.75) is 20.8 Å². The maximum absolute atomic E-state index is 13.2. The molecule has 3 heterocycles. The molecule has 0 unspecified atom stereocenters. The molecule has 3 rings (SSSR count). The van der Waals surface area contributed by atoms with E-state index in [0.29, 0.717) is 36.5 Å². The molecule has 0 aliphatic heterocycles. The van der Waals surface area contributed by atoms with E-state index in [-0.39, 0.29) is 6.54 Å². The molecule has 0 amide bonds. The molecule has 0 radical (unpaired) electrons. The van der Waals surface area contributed by atoms with E-state index in [1.165, 1.54) is 0 Å². The van der Waals surface area contributed by atoms with Crippen molar-refractivity contribution in [3.8, 4) is 17.0 Å². The van der Waals surface area contributed by atoms with E-state index >= 15 is 0 Å². The molecule has 0 saturated carbocycles. The molecule has 3 aromatic rings. The van der Waals surface area contributed by atoms with Gasteiger partial charge >= 0.3 is 0 Å². The van der Waals surface area contributed by atoms with Gasteiger partial charge < -0.3 is 14.4 Å². The van der Waals surface area contributed by atoms with Crippen LogP contribution in [-0.4, -0.2) is 65.2 Å². The Morgan fingerprint density at radius 2 is 1.82 bits per heavy atom. The Balaban J connectivity index is 2.19. The van der Waals surface area contributed by atoms with E-state index in [2.05, 4.69) is 20.1 Å². The summed E-state index contributed by atoms with van der Waals surface area (Å²) in [6.07, 6.45) is 0. The number of anilines is 1. The van der Waals surface area contributed by atoms with Crippen LogP contribution in [0, 0.1) is 20.8 Å². The summed E-state index contributed by atoms with van der Waals surface area (Å²) >= 11 is 0. The number of ether oxygens (including phenoxy) is 2. The number of pyridine rings is 1. The van der Waals surface area contributed by atoms with Crippen molar-refractivity contribution in [1.82, 2.24) is 24.6 Å². The first-order chi connectivity index (χ1) is 13.5. The Hall–Kier alpha value is -2.81. The Morgan fingerprint density at radius 1 is 1.04 bits per heavy atom. The van der Waals surface area contributed by atoms with Crippen LogP contribution in [0.25, 0.3) is 16.8 Å². The zero-order valence-corrected chi connectivity index (χ0v) is 16.9. The summed E-state index contributed by atoms with van der Waals surface area (Å²) in [6, 6.07) is 3.76. The molecule has 0 aliphatic carbocycles. The number of nitrogens with zero attached hydrogens (tertiary/aromatic N) is 6. The van der Waals surface area contributed by atoms with Gasteiger partial charge in [-0.05, 0) is 26.8 Å². The van der Waals surface area contributed by atoms with Gasteiger partial charge in [0.05, 0.1) is 25.0 Å². The van der Waals surface area contributed by atoms with Crippen molar-refractivity contribution in [2.75, 3.05) is 45.5 Å². The Morgan fingerprint density at radius 3 is 2.46 bits per heavy atom. The van der Waals surface area contributed by atoms with Gasteiger partial charge in [0, 0.05) is 37.5 Å². The highest BCUT2D eigenvalue weighted by atomic mass is 19.1. The predicted octanol–water partition coefficient (Wildman–Crippen LogP) is 2.54. The largest absolute Gasteiger partial charge is 0.481 e. The Kier molecular flexibility index (Phi) is 6.03. The summed E-state index contributed by atoms with van der Waals surface area (Å²) in [5.41, 5.74) is 4.08. The number of alkyl halides is 1. The van der Waals surface area contributed by atoms with Crippen LogP contribution in [0.15, 0.2) is 12.1 Å². The van der Waals surface area contributed by atoms with Crippen LogP contribution >= 0.6 is 0 Å². The zero-order valence-electron chi connectivity index (χ0n) is 16.9. The van der Waals surface area contributed by atoms with Crippen LogP contribution in [0.1, 0.15) is 17.2 Å². The first kappa shape index (κ1) is 19.9. The van der Waals surface area contributed by atoms with Crippen LogP contribution in [0.5, 0.6) is 5.88 Å². The number of halogens is 1. The quantitative estimate of drug-likeness (QED) is 0.587. The fraction of sp³-hybridized carbons (Fsp3) is 0.474. The third-order valence-corrected chi connectivity index (χ3v) is 4.50. The highest BCUT2D eigenvalue weighted by molar-refractivity contribution is 5.82. The molecule has 0 saturated heterocycles. The van der Waals surface area contributed by atoms with Crippen LogP contribution in [0.3, 0.4) is 0 Å². The maximum Gasteiger partial charge on any atom is 0.230 e. The summed E-state index contributed by atoms with van der Waals surface area (Å²) in [5.74, 6) is 1.69. The number of rotatable bonds is 8. The minimum atomic E-state index is -0.497. The van der Waals surface area contributed by atoms with Crippen molar-refractivity contribution in [1.29, 1.82) is 0 Å². The molecule has 0 aromatic carbocycles. The lowest BCUT2D eigenvalue weighted by Crippen LogP contribution is -2.32. The fourth-order valence-electron chi connectivity index (χ4n) is 3.18. The number of methoxy groups -OCH3 is 2. The molecule has 0 fully saturated rings. The zero-order chi connectivity index (χ0) is 20.3. The molecular formula is C19H25FN6O2. The molecule has 0 bridgehead atoms. The summed E-state index contributed by atoms with van der Waals surface area (Å²) in [6.45, 7) is 6.32. The molecule has 0 aliphatic rings. The minimum Gasteiger partial charge on any atom is -0.481 e. The van der Waals surface area contributed by atoms with E-state index in [0.717, 1.165) is 22.5 Å². The van der Waals surface area contributed by atoms with Crippen LogP contribution in [-0.2, 0) is 4.74 Å². The van der Waals surface area contributed by atoms with Gasteiger partial charge in [-0.15, -0.1) is 0 Å². The second-order valence-electron chi connectivity index (χ2n) is 6.42. The van der Waals surface area contributed by atoms with E-state index in [4.69, 9.17) is 9.47 Å². The van der Waals surface area contributed by atoms with Crippen molar-refractivity contribution >= 4 is 11.6 Å². The average molecular weight is 388 g/mol. The lowest BCUT2D eigenvalue weighted by Gasteiger charge is -2.22. The van der Waals surface area contributed by atoms with Crippen LogP contribution < -0.4 is 9.64 Å². The van der Waals surface area contributed by atoms with Gasteiger partial charge in [0.15, 0.2) is 5.65 Å². The first-order valence-electron chi connectivity index (χ1n) is 9.06. The van der Waals surface area contributed by atoms with Gasteiger partial charge in [-0.25, -0.2) is 14.4 Å². The number of aromatic nitrogens is 5. The van der Waals surface area contributed by atoms with Gasteiger partial charge in [0.2, 0.25) is 11.8 Å². The van der Waals surface area contributed by atoms with E-state index in [1.807, 2.05) is 37.8 Å². The van der Waals surface area contributed by atoms with E-state index in [1.54, 1.807) is 18.7 Å². The van der Waals surface area contributed by atoms with Gasteiger partial charge in [0.1, 0.15) is 12.5 Å². The Bertz CT molecular complexity index is 975. The summed E-state index contributed by atoms with van der Waals surface area (Å²) < 4.78 is 25.2. The van der Waals surface area contributed by atoms with Crippen LogP contribution in [0.4, 0.5) is 10.3 Å².